The van der Waals surface area contributed by atoms with Crippen molar-refractivity contribution >= 4 is 11.7 Å². The van der Waals surface area contributed by atoms with E-state index in [2.05, 4.69) is 15.4 Å². The van der Waals surface area contributed by atoms with Crippen LogP contribution in [-0.2, 0) is 17.4 Å². The molecule has 0 saturated heterocycles. The van der Waals surface area contributed by atoms with Gasteiger partial charge < -0.3 is 4.52 Å². The molecule has 2 aromatic rings. The first-order chi connectivity index (χ1) is 10.2. The Labute approximate surface area is 123 Å². The average molecular weight is 314 g/mol. The molecule has 0 spiro atoms. The second kappa shape index (κ2) is 5.74. The Morgan fingerprint density at radius 2 is 1.95 bits per heavy atom. The second-order valence-corrected chi connectivity index (χ2v) is 4.71. The minimum absolute atomic E-state index is 0.0143. The lowest BCUT2D eigenvalue weighted by Gasteiger charge is -2.16. The summed E-state index contributed by atoms with van der Waals surface area (Å²) in [5, 5.41) is 10.3. The van der Waals surface area contributed by atoms with E-state index in [1.165, 1.54) is 7.05 Å². The third kappa shape index (κ3) is 3.23. The van der Waals surface area contributed by atoms with Crippen LogP contribution in [0, 0.1) is 13.8 Å². The van der Waals surface area contributed by atoms with Crippen LogP contribution in [0.3, 0.4) is 0 Å². The van der Waals surface area contributed by atoms with Gasteiger partial charge >= 0.3 is 6.18 Å². The van der Waals surface area contributed by atoms with Crippen LogP contribution in [0.25, 0.3) is 0 Å². The standard InChI is InChI=1S/C13H13F3N4O2/c1-7-9(8(2)22-19-7)6-12(21)20(3)11-5-4-10(17-18-11)13(14,15)16/h4-5H,6H2,1-3H3. The van der Waals surface area contributed by atoms with Gasteiger partial charge in [-0.15, -0.1) is 10.2 Å². The molecule has 0 atom stereocenters. The number of carbonyl (C=O) groups is 1. The number of anilines is 1. The molecule has 0 bridgehead atoms. The Bertz CT molecular complexity index is 660. The van der Waals surface area contributed by atoms with E-state index < -0.39 is 11.9 Å². The number of rotatable bonds is 3. The van der Waals surface area contributed by atoms with E-state index in [9.17, 15) is 18.0 Å². The summed E-state index contributed by atoms with van der Waals surface area (Å²) in [6.45, 7) is 3.39. The number of carbonyl (C=O) groups excluding carboxylic acids is 1. The fraction of sp³-hybridized carbons (Fsp3) is 0.385. The van der Waals surface area contributed by atoms with Gasteiger partial charge in [-0.05, 0) is 26.0 Å². The Morgan fingerprint density at radius 1 is 1.27 bits per heavy atom. The summed E-state index contributed by atoms with van der Waals surface area (Å²) in [5.41, 5.74) is 0.136. The van der Waals surface area contributed by atoms with Gasteiger partial charge in [0.1, 0.15) is 5.76 Å². The van der Waals surface area contributed by atoms with Crippen LogP contribution >= 0.6 is 0 Å². The number of alkyl halides is 3. The Hall–Kier alpha value is -2.45. The summed E-state index contributed by atoms with van der Waals surface area (Å²) in [4.78, 5) is 13.3. The molecule has 0 radical (unpaired) electrons. The largest absolute Gasteiger partial charge is 0.435 e. The first-order valence-corrected chi connectivity index (χ1v) is 6.29. The molecule has 118 valence electrons. The minimum atomic E-state index is -4.56. The van der Waals surface area contributed by atoms with Gasteiger partial charge in [0.05, 0.1) is 12.1 Å². The zero-order valence-corrected chi connectivity index (χ0v) is 12.1. The topological polar surface area (TPSA) is 72.1 Å². The van der Waals surface area contributed by atoms with E-state index in [4.69, 9.17) is 4.52 Å². The van der Waals surface area contributed by atoms with E-state index in [0.717, 1.165) is 17.0 Å². The fourth-order valence-corrected chi connectivity index (χ4v) is 1.81. The van der Waals surface area contributed by atoms with Gasteiger partial charge in [0, 0.05) is 12.6 Å². The van der Waals surface area contributed by atoms with Crippen LogP contribution in [0.1, 0.15) is 22.7 Å². The predicted molar refractivity (Wildman–Crippen MR) is 70.1 cm³/mol. The predicted octanol–water partition coefficient (Wildman–Crippen LogP) is 2.31. The summed E-state index contributed by atoms with van der Waals surface area (Å²) < 4.78 is 42.2. The number of aromatic nitrogens is 3. The van der Waals surface area contributed by atoms with E-state index in [1.54, 1.807) is 13.8 Å². The molecule has 2 aromatic heterocycles. The van der Waals surface area contributed by atoms with Crippen molar-refractivity contribution in [3.63, 3.8) is 0 Å². The summed E-state index contributed by atoms with van der Waals surface area (Å²) in [6, 6.07) is 1.88. The maximum atomic E-state index is 12.4. The molecule has 0 aliphatic rings. The molecule has 0 saturated carbocycles. The molecule has 0 fully saturated rings. The maximum Gasteiger partial charge on any atom is 0.435 e. The first kappa shape index (κ1) is 15.9. The Kier molecular flexibility index (Phi) is 4.16. The number of aryl methyl sites for hydroxylation is 2. The van der Waals surface area contributed by atoms with Crippen molar-refractivity contribution in [3.8, 4) is 0 Å². The highest BCUT2D eigenvalue weighted by atomic mass is 19.4. The first-order valence-electron chi connectivity index (χ1n) is 6.29. The fourth-order valence-electron chi connectivity index (χ4n) is 1.81. The lowest BCUT2D eigenvalue weighted by molar-refractivity contribution is -0.141. The molecular weight excluding hydrogens is 301 g/mol. The second-order valence-electron chi connectivity index (χ2n) is 4.71. The number of nitrogens with zero attached hydrogens (tertiary/aromatic N) is 4. The molecule has 2 rings (SSSR count). The van der Waals surface area contributed by atoms with E-state index in [0.29, 0.717) is 17.0 Å². The lowest BCUT2D eigenvalue weighted by Crippen LogP contribution is -2.29. The minimum Gasteiger partial charge on any atom is -0.361 e. The molecule has 0 aromatic carbocycles. The van der Waals surface area contributed by atoms with Gasteiger partial charge in [0.25, 0.3) is 0 Å². The molecular formula is C13H13F3N4O2. The van der Waals surface area contributed by atoms with Gasteiger partial charge in [-0.2, -0.15) is 13.2 Å². The highest BCUT2D eigenvalue weighted by molar-refractivity contribution is 5.93. The van der Waals surface area contributed by atoms with Crippen molar-refractivity contribution in [1.82, 2.24) is 15.4 Å². The highest BCUT2D eigenvalue weighted by Gasteiger charge is 2.33. The summed E-state index contributed by atoms with van der Waals surface area (Å²) in [7, 11) is 1.41. The molecule has 2 heterocycles. The SMILES string of the molecule is Cc1noc(C)c1CC(=O)N(C)c1ccc(C(F)(F)F)nn1. The Balaban J connectivity index is 2.14. The van der Waals surface area contributed by atoms with Crippen molar-refractivity contribution in [2.45, 2.75) is 26.4 Å². The van der Waals surface area contributed by atoms with Gasteiger partial charge in [-0.25, -0.2) is 0 Å². The average Bonchev–Trinajstić information content (AvgIpc) is 2.77. The van der Waals surface area contributed by atoms with Crippen LogP contribution in [0.2, 0.25) is 0 Å². The quantitative estimate of drug-likeness (QED) is 0.869. The number of hydrogen-bond acceptors (Lipinski definition) is 5. The van der Waals surface area contributed by atoms with Crippen LogP contribution in [-0.4, -0.2) is 28.3 Å². The third-order valence-electron chi connectivity index (χ3n) is 3.17. The molecule has 22 heavy (non-hydrogen) atoms. The smallest absolute Gasteiger partial charge is 0.361 e. The molecule has 0 aliphatic heterocycles. The maximum absolute atomic E-state index is 12.4. The van der Waals surface area contributed by atoms with Crippen molar-refractivity contribution in [2.24, 2.45) is 0 Å². The summed E-state index contributed by atoms with van der Waals surface area (Å²) >= 11 is 0. The van der Waals surface area contributed by atoms with Crippen molar-refractivity contribution in [1.29, 1.82) is 0 Å². The van der Waals surface area contributed by atoms with Gasteiger partial charge in [-0.1, -0.05) is 5.16 Å². The number of amides is 1. The molecule has 0 unspecified atom stereocenters. The monoisotopic (exact) mass is 314 g/mol. The van der Waals surface area contributed by atoms with E-state index in [-0.39, 0.29) is 18.1 Å². The molecule has 6 nitrogen and oxygen atoms in total. The van der Waals surface area contributed by atoms with Crippen molar-refractivity contribution in [3.05, 3.63) is 34.8 Å². The van der Waals surface area contributed by atoms with E-state index in [1.807, 2.05) is 0 Å². The normalized spacial score (nSPS) is 11.5. The molecule has 9 heteroatoms. The molecule has 1 amide bonds. The highest BCUT2D eigenvalue weighted by Crippen LogP contribution is 2.27. The molecule has 0 N–H and O–H groups in total. The number of likely N-dealkylation sites (N-methyl/N-ethyl adjacent to an activating group) is 1. The zero-order valence-electron chi connectivity index (χ0n) is 12.1. The van der Waals surface area contributed by atoms with Gasteiger partial charge in [0.15, 0.2) is 11.5 Å². The van der Waals surface area contributed by atoms with Crippen molar-refractivity contribution < 1.29 is 22.5 Å². The number of hydrogen-bond donors (Lipinski definition) is 0. The number of halogens is 3. The molecule has 0 aliphatic carbocycles. The van der Waals surface area contributed by atoms with Crippen LogP contribution in [0.5, 0.6) is 0 Å². The summed E-state index contributed by atoms with van der Waals surface area (Å²) in [5.74, 6) is 0.200. The summed E-state index contributed by atoms with van der Waals surface area (Å²) in [6.07, 6.45) is -4.55. The van der Waals surface area contributed by atoms with Gasteiger partial charge in [-0.3, -0.25) is 9.69 Å². The van der Waals surface area contributed by atoms with Crippen LogP contribution < -0.4 is 4.90 Å². The zero-order chi connectivity index (χ0) is 16.5. The lowest BCUT2D eigenvalue weighted by atomic mass is 10.1. The van der Waals surface area contributed by atoms with Crippen LogP contribution in [0.15, 0.2) is 16.7 Å². The third-order valence-corrected chi connectivity index (χ3v) is 3.17. The Morgan fingerprint density at radius 3 is 2.41 bits per heavy atom. The van der Waals surface area contributed by atoms with Crippen molar-refractivity contribution in [2.75, 3.05) is 11.9 Å². The van der Waals surface area contributed by atoms with Gasteiger partial charge in [0.2, 0.25) is 5.91 Å². The van der Waals surface area contributed by atoms with E-state index >= 15 is 0 Å². The van der Waals surface area contributed by atoms with Crippen LogP contribution in [0.4, 0.5) is 19.0 Å².